The lowest BCUT2D eigenvalue weighted by Gasteiger charge is -2.37. The average molecular weight is 293 g/mol. The first kappa shape index (κ1) is 15.0. The second-order valence-corrected chi connectivity index (χ2v) is 6.16. The third-order valence-corrected chi connectivity index (χ3v) is 4.52. The van der Waals surface area contributed by atoms with Gasteiger partial charge in [0.05, 0.1) is 6.54 Å². The van der Waals surface area contributed by atoms with E-state index in [2.05, 4.69) is 65.6 Å². The van der Waals surface area contributed by atoms with Crippen LogP contribution >= 0.6 is 0 Å². The molecule has 0 spiro atoms. The van der Waals surface area contributed by atoms with Crippen molar-refractivity contribution in [2.45, 2.75) is 19.3 Å². The molecule has 114 valence electrons. The number of carbonyl (C=O) groups excluding carboxylic acids is 1. The van der Waals surface area contributed by atoms with E-state index < -0.39 is 0 Å². The van der Waals surface area contributed by atoms with Crippen molar-refractivity contribution in [1.82, 2.24) is 4.90 Å². The summed E-state index contributed by atoms with van der Waals surface area (Å²) in [6.45, 7) is 3.07. The van der Waals surface area contributed by atoms with Crippen LogP contribution < -0.4 is 0 Å². The topological polar surface area (TPSA) is 20.3 Å². The summed E-state index contributed by atoms with van der Waals surface area (Å²) in [5.74, 6) is 0.919. The van der Waals surface area contributed by atoms with Gasteiger partial charge >= 0.3 is 0 Å². The van der Waals surface area contributed by atoms with Crippen molar-refractivity contribution in [3.05, 3.63) is 71.8 Å². The highest BCUT2D eigenvalue weighted by molar-refractivity contribution is 5.84. The first-order valence-corrected chi connectivity index (χ1v) is 8.14. The van der Waals surface area contributed by atoms with Crippen molar-refractivity contribution in [3.8, 4) is 0 Å². The minimum Gasteiger partial charge on any atom is -0.298 e. The molecule has 0 unspecified atom stereocenters. The predicted molar refractivity (Wildman–Crippen MR) is 89.9 cm³/mol. The van der Waals surface area contributed by atoms with Crippen molar-refractivity contribution >= 4 is 5.78 Å². The maximum Gasteiger partial charge on any atom is 0.149 e. The van der Waals surface area contributed by atoms with E-state index in [1.165, 1.54) is 11.1 Å². The Balaban J connectivity index is 0.000000139. The molecular formula is C20H23NO. The van der Waals surface area contributed by atoms with E-state index >= 15 is 0 Å². The van der Waals surface area contributed by atoms with Crippen molar-refractivity contribution in [2.24, 2.45) is 5.92 Å². The summed E-state index contributed by atoms with van der Waals surface area (Å²) in [6, 6.07) is 21.1. The Morgan fingerprint density at radius 3 is 1.64 bits per heavy atom. The molecule has 2 aromatic rings. The monoisotopic (exact) mass is 293 g/mol. The molecule has 3 heterocycles. The first-order valence-electron chi connectivity index (χ1n) is 8.14. The van der Waals surface area contributed by atoms with Crippen LogP contribution in [0.1, 0.15) is 24.0 Å². The number of Topliss-reactive ketones (excluding diaryl/α,β-unsaturated/α-hetero) is 1. The van der Waals surface area contributed by atoms with E-state index in [4.69, 9.17) is 0 Å². The molecule has 3 aliphatic rings. The zero-order chi connectivity index (χ0) is 15.2. The molecule has 3 fully saturated rings. The second kappa shape index (κ2) is 7.37. The maximum atomic E-state index is 11.0. The maximum absolute atomic E-state index is 11.0. The van der Waals surface area contributed by atoms with Gasteiger partial charge in [-0.3, -0.25) is 9.69 Å². The average Bonchev–Trinajstić information content (AvgIpc) is 2.58. The molecule has 2 aromatic carbocycles. The fourth-order valence-corrected chi connectivity index (χ4v) is 3.19. The highest BCUT2D eigenvalue weighted by atomic mass is 16.1. The van der Waals surface area contributed by atoms with Gasteiger partial charge in [-0.05, 0) is 43.5 Å². The SMILES string of the molecule is O=C1CN2CCC1CC2.c1ccc(Cc2ccccc2)cc1. The Morgan fingerprint density at radius 1 is 0.818 bits per heavy atom. The Bertz CT molecular complexity index is 548. The number of benzene rings is 2. The molecule has 2 nitrogen and oxygen atoms in total. The number of carbonyl (C=O) groups is 1. The summed E-state index contributed by atoms with van der Waals surface area (Å²) in [7, 11) is 0. The van der Waals surface area contributed by atoms with Gasteiger partial charge < -0.3 is 0 Å². The molecule has 3 saturated heterocycles. The number of hydrogen-bond acceptors (Lipinski definition) is 2. The minimum absolute atomic E-state index is 0.440. The molecule has 0 aromatic heterocycles. The summed E-state index contributed by atoms with van der Waals surface area (Å²) < 4.78 is 0. The number of piperidine rings is 3. The Labute approximate surface area is 132 Å². The smallest absolute Gasteiger partial charge is 0.149 e. The van der Waals surface area contributed by atoms with Gasteiger partial charge in [0.25, 0.3) is 0 Å². The van der Waals surface area contributed by atoms with E-state index in [0.717, 1.165) is 38.9 Å². The van der Waals surface area contributed by atoms with E-state index in [0.29, 0.717) is 11.7 Å². The lowest BCUT2D eigenvalue weighted by Crippen LogP contribution is -2.47. The van der Waals surface area contributed by atoms with E-state index in [1.54, 1.807) is 0 Å². The molecule has 0 radical (unpaired) electrons. The van der Waals surface area contributed by atoms with Gasteiger partial charge in [-0.15, -0.1) is 0 Å². The van der Waals surface area contributed by atoms with Crippen LogP contribution in [-0.2, 0) is 11.2 Å². The highest BCUT2D eigenvalue weighted by Gasteiger charge is 2.31. The summed E-state index contributed by atoms with van der Waals surface area (Å²) in [5, 5.41) is 0. The van der Waals surface area contributed by atoms with Gasteiger partial charge in [-0.25, -0.2) is 0 Å². The molecule has 0 amide bonds. The molecule has 3 aliphatic heterocycles. The van der Waals surface area contributed by atoms with Crippen molar-refractivity contribution < 1.29 is 4.79 Å². The highest BCUT2D eigenvalue weighted by Crippen LogP contribution is 2.23. The standard InChI is InChI=1S/C13H12.C7H11NO/c1-3-7-12(8-4-1)11-13-9-5-2-6-10-13;9-7-5-8-3-1-6(7)2-4-8/h1-10H,11H2;6H,1-5H2. The number of fused-ring (bicyclic) bond motifs is 3. The molecule has 2 bridgehead atoms. The summed E-state index contributed by atoms with van der Waals surface area (Å²) >= 11 is 0. The van der Waals surface area contributed by atoms with Gasteiger partial charge in [-0.1, -0.05) is 60.7 Å². The van der Waals surface area contributed by atoms with Gasteiger partial charge in [0.2, 0.25) is 0 Å². The normalized spacial score (nSPS) is 22.8. The first-order chi connectivity index (χ1) is 10.8. The Hall–Kier alpha value is -1.93. The van der Waals surface area contributed by atoms with Crippen LogP contribution in [-0.4, -0.2) is 30.3 Å². The summed E-state index contributed by atoms with van der Waals surface area (Å²) in [4.78, 5) is 13.3. The van der Waals surface area contributed by atoms with E-state index in [1.807, 2.05) is 0 Å². The van der Waals surface area contributed by atoms with Crippen LogP contribution in [0.15, 0.2) is 60.7 Å². The number of nitrogens with zero attached hydrogens (tertiary/aromatic N) is 1. The van der Waals surface area contributed by atoms with Crippen molar-refractivity contribution in [2.75, 3.05) is 19.6 Å². The zero-order valence-corrected chi connectivity index (χ0v) is 12.9. The lowest BCUT2D eigenvalue weighted by molar-refractivity contribution is -0.130. The zero-order valence-electron chi connectivity index (χ0n) is 12.9. The van der Waals surface area contributed by atoms with Crippen LogP contribution in [0.3, 0.4) is 0 Å². The fourth-order valence-electron chi connectivity index (χ4n) is 3.19. The minimum atomic E-state index is 0.440. The van der Waals surface area contributed by atoms with Crippen LogP contribution in [0.5, 0.6) is 0 Å². The number of rotatable bonds is 2. The fraction of sp³-hybridized carbons (Fsp3) is 0.350. The van der Waals surface area contributed by atoms with Gasteiger partial charge in [0.15, 0.2) is 0 Å². The molecule has 0 atom stereocenters. The quantitative estimate of drug-likeness (QED) is 0.844. The Morgan fingerprint density at radius 2 is 1.32 bits per heavy atom. The van der Waals surface area contributed by atoms with Crippen LogP contribution in [0.2, 0.25) is 0 Å². The largest absolute Gasteiger partial charge is 0.298 e. The van der Waals surface area contributed by atoms with Crippen molar-refractivity contribution in [1.29, 1.82) is 0 Å². The molecule has 5 rings (SSSR count). The lowest BCUT2D eigenvalue weighted by atomic mass is 9.87. The second-order valence-electron chi connectivity index (χ2n) is 6.16. The number of hydrogen-bond donors (Lipinski definition) is 0. The van der Waals surface area contributed by atoms with E-state index in [-0.39, 0.29) is 0 Å². The van der Waals surface area contributed by atoms with Crippen molar-refractivity contribution in [3.63, 3.8) is 0 Å². The molecule has 2 heteroatoms. The summed E-state index contributed by atoms with van der Waals surface area (Å²) in [6.07, 6.45) is 3.28. The Kier molecular flexibility index (Phi) is 5.02. The molecule has 0 N–H and O–H groups in total. The molecule has 0 aliphatic carbocycles. The van der Waals surface area contributed by atoms with Crippen LogP contribution in [0.25, 0.3) is 0 Å². The third-order valence-electron chi connectivity index (χ3n) is 4.52. The van der Waals surface area contributed by atoms with Gasteiger partial charge in [0.1, 0.15) is 5.78 Å². The number of ketones is 1. The predicted octanol–water partition coefficient (Wildman–Crippen LogP) is 3.56. The molecule has 0 saturated carbocycles. The summed E-state index contributed by atoms with van der Waals surface area (Å²) in [5.41, 5.74) is 2.74. The molecular weight excluding hydrogens is 270 g/mol. The third kappa shape index (κ3) is 4.05. The van der Waals surface area contributed by atoms with E-state index in [9.17, 15) is 4.79 Å². The van der Waals surface area contributed by atoms with Crippen LogP contribution in [0.4, 0.5) is 0 Å². The van der Waals surface area contributed by atoms with Gasteiger partial charge in [-0.2, -0.15) is 0 Å². The van der Waals surface area contributed by atoms with Gasteiger partial charge in [0, 0.05) is 5.92 Å². The molecule has 22 heavy (non-hydrogen) atoms. The van der Waals surface area contributed by atoms with Crippen LogP contribution in [0, 0.1) is 5.92 Å².